The van der Waals surface area contributed by atoms with E-state index >= 15 is 0 Å². The summed E-state index contributed by atoms with van der Waals surface area (Å²) in [5, 5.41) is 3.11. The van der Waals surface area contributed by atoms with Crippen molar-refractivity contribution in [2.24, 2.45) is 0 Å². The summed E-state index contributed by atoms with van der Waals surface area (Å²) in [5.41, 5.74) is 3.77. The van der Waals surface area contributed by atoms with Gasteiger partial charge in [0.1, 0.15) is 0 Å². The first-order chi connectivity index (χ1) is 5.15. The maximum Gasteiger partial charge on any atom is 0.0351 e. The lowest BCUT2D eigenvalue weighted by atomic mass is 10.1. The summed E-state index contributed by atoms with van der Waals surface area (Å²) in [4.78, 5) is 0. The largest absolute Gasteiger partial charge is 0.388 e. The molecule has 0 saturated heterocycles. The summed E-state index contributed by atoms with van der Waals surface area (Å²) in [5.74, 6) is 0. The predicted molar refractivity (Wildman–Crippen MR) is 53.2 cm³/mol. The number of aryl methyl sites for hydroxylation is 1. The maximum atomic E-state index is 3.50. The predicted octanol–water partition coefficient (Wildman–Crippen LogP) is 3.11. The zero-order chi connectivity index (χ0) is 8.43. The molecule has 0 aliphatic rings. The summed E-state index contributed by atoms with van der Waals surface area (Å²) < 4.78 is 1.17. The molecule has 0 saturated carbocycles. The molecule has 0 unspecified atom stereocenters. The highest BCUT2D eigenvalue weighted by Gasteiger charge is 1.99. The molecule has 0 bridgehead atoms. The summed E-state index contributed by atoms with van der Waals surface area (Å²) in [6.07, 6.45) is 0. The molecule has 1 N–H and O–H groups in total. The average Bonchev–Trinajstić information content (AvgIpc) is 1.99. The summed E-state index contributed by atoms with van der Waals surface area (Å²) in [7, 11) is 1.93. The van der Waals surface area contributed by atoms with Crippen LogP contribution in [0.3, 0.4) is 0 Å². The van der Waals surface area contributed by atoms with Crippen LogP contribution in [0.1, 0.15) is 11.1 Å². The smallest absolute Gasteiger partial charge is 0.0351 e. The SMILES string of the molecule is CNc1cc(C)c(C)c(Br)c1. The third kappa shape index (κ3) is 1.74. The first-order valence-corrected chi connectivity index (χ1v) is 4.39. The molecule has 0 heterocycles. The minimum Gasteiger partial charge on any atom is -0.388 e. The van der Waals surface area contributed by atoms with Crippen LogP contribution in [0.2, 0.25) is 0 Å². The van der Waals surface area contributed by atoms with E-state index in [1.807, 2.05) is 7.05 Å². The Hall–Kier alpha value is -0.500. The highest BCUT2D eigenvalue weighted by atomic mass is 79.9. The lowest BCUT2D eigenvalue weighted by Crippen LogP contribution is -1.90. The minimum atomic E-state index is 1.15. The molecule has 0 aliphatic heterocycles. The van der Waals surface area contributed by atoms with Gasteiger partial charge in [-0.3, -0.25) is 0 Å². The fraction of sp³-hybridized carbons (Fsp3) is 0.333. The topological polar surface area (TPSA) is 12.0 Å². The lowest BCUT2D eigenvalue weighted by molar-refractivity contribution is 1.31. The van der Waals surface area contributed by atoms with E-state index in [-0.39, 0.29) is 0 Å². The Bertz CT molecular complexity index is 245. The van der Waals surface area contributed by atoms with Crippen molar-refractivity contribution in [3.63, 3.8) is 0 Å². The second kappa shape index (κ2) is 3.26. The van der Waals surface area contributed by atoms with Gasteiger partial charge < -0.3 is 5.32 Å². The number of rotatable bonds is 1. The fourth-order valence-corrected chi connectivity index (χ4v) is 1.52. The van der Waals surface area contributed by atoms with E-state index < -0.39 is 0 Å². The fourth-order valence-electron chi connectivity index (χ4n) is 0.961. The van der Waals surface area contributed by atoms with Gasteiger partial charge in [-0.15, -0.1) is 0 Å². The van der Waals surface area contributed by atoms with E-state index in [0.717, 1.165) is 5.69 Å². The average molecular weight is 214 g/mol. The van der Waals surface area contributed by atoms with Gasteiger partial charge in [0, 0.05) is 17.2 Å². The monoisotopic (exact) mass is 213 g/mol. The molecule has 60 valence electrons. The van der Waals surface area contributed by atoms with Gasteiger partial charge in [0.15, 0.2) is 0 Å². The number of hydrogen-bond donors (Lipinski definition) is 1. The zero-order valence-corrected chi connectivity index (χ0v) is 8.62. The van der Waals surface area contributed by atoms with E-state index in [1.165, 1.54) is 15.6 Å². The molecule has 1 nitrogen and oxygen atoms in total. The number of hydrogen-bond acceptors (Lipinski definition) is 1. The molecule has 1 rings (SSSR count). The molecule has 0 radical (unpaired) electrons. The van der Waals surface area contributed by atoms with Crippen LogP contribution in [-0.4, -0.2) is 7.05 Å². The van der Waals surface area contributed by atoms with Crippen LogP contribution in [0.15, 0.2) is 16.6 Å². The van der Waals surface area contributed by atoms with Crippen LogP contribution in [0.25, 0.3) is 0 Å². The van der Waals surface area contributed by atoms with E-state index in [4.69, 9.17) is 0 Å². The first kappa shape index (κ1) is 8.60. The maximum absolute atomic E-state index is 3.50. The third-order valence-corrected chi connectivity index (χ3v) is 2.72. The van der Waals surface area contributed by atoms with Gasteiger partial charge in [-0.1, -0.05) is 15.9 Å². The van der Waals surface area contributed by atoms with Gasteiger partial charge in [0.2, 0.25) is 0 Å². The Morgan fingerprint density at radius 2 is 1.91 bits per heavy atom. The molecule has 0 aliphatic carbocycles. The number of anilines is 1. The van der Waals surface area contributed by atoms with Crippen molar-refractivity contribution < 1.29 is 0 Å². The van der Waals surface area contributed by atoms with Crippen molar-refractivity contribution in [1.29, 1.82) is 0 Å². The van der Waals surface area contributed by atoms with Crippen LogP contribution in [-0.2, 0) is 0 Å². The molecule has 11 heavy (non-hydrogen) atoms. The number of nitrogens with one attached hydrogen (secondary N) is 1. The van der Waals surface area contributed by atoms with Gasteiger partial charge >= 0.3 is 0 Å². The molecule has 0 fully saturated rings. The highest BCUT2D eigenvalue weighted by molar-refractivity contribution is 9.10. The normalized spacial score (nSPS) is 9.82. The Labute approximate surface area is 75.9 Å². The molecule has 0 amide bonds. The van der Waals surface area contributed by atoms with Crippen LogP contribution in [0.4, 0.5) is 5.69 Å². The van der Waals surface area contributed by atoms with E-state index in [0.29, 0.717) is 0 Å². The molecule has 1 aromatic rings. The van der Waals surface area contributed by atoms with Crippen molar-refractivity contribution in [3.05, 3.63) is 27.7 Å². The van der Waals surface area contributed by atoms with Crippen LogP contribution in [0.5, 0.6) is 0 Å². The molecule has 0 atom stereocenters. The van der Waals surface area contributed by atoms with E-state index in [1.54, 1.807) is 0 Å². The molecule has 0 aromatic heterocycles. The Balaban J connectivity index is 3.21. The second-order valence-corrected chi connectivity index (χ2v) is 3.50. The summed E-state index contributed by atoms with van der Waals surface area (Å²) in [6, 6.07) is 4.22. The van der Waals surface area contributed by atoms with Gasteiger partial charge in [-0.05, 0) is 37.1 Å². The van der Waals surface area contributed by atoms with E-state index in [9.17, 15) is 0 Å². The van der Waals surface area contributed by atoms with Crippen LogP contribution in [0, 0.1) is 13.8 Å². The molecule has 2 heteroatoms. The quantitative estimate of drug-likeness (QED) is 0.757. The number of halogens is 1. The van der Waals surface area contributed by atoms with Gasteiger partial charge in [0.25, 0.3) is 0 Å². The van der Waals surface area contributed by atoms with Crippen LogP contribution >= 0.6 is 15.9 Å². The van der Waals surface area contributed by atoms with Gasteiger partial charge in [0.05, 0.1) is 0 Å². The van der Waals surface area contributed by atoms with Gasteiger partial charge in [-0.25, -0.2) is 0 Å². The van der Waals surface area contributed by atoms with E-state index in [2.05, 4.69) is 47.2 Å². The standard InChI is InChI=1S/C9H12BrN/c1-6-4-8(11-3)5-9(10)7(6)2/h4-5,11H,1-3H3. The van der Waals surface area contributed by atoms with Crippen molar-refractivity contribution >= 4 is 21.6 Å². The summed E-state index contributed by atoms with van der Waals surface area (Å²) >= 11 is 3.50. The summed E-state index contributed by atoms with van der Waals surface area (Å²) in [6.45, 7) is 4.22. The Morgan fingerprint density at radius 3 is 2.36 bits per heavy atom. The molecular weight excluding hydrogens is 202 g/mol. The lowest BCUT2D eigenvalue weighted by Gasteiger charge is -2.06. The van der Waals surface area contributed by atoms with Crippen molar-refractivity contribution in [2.45, 2.75) is 13.8 Å². The Kier molecular flexibility index (Phi) is 2.55. The minimum absolute atomic E-state index is 1.15. The van der Waals surface area contributed by atoms with Crippen molar-refractivity contribution in [3.8, 4) is 0 Å². The Morgan fingerprint density at radius 1 is 1.27 bits per heavy atom. The zero-order valence-electron chi connectivity index (χ0n) is 7.03. The highest BCUT2D eigenvalue weighted by Crippen LogP contribution is 2.23. The molecule has 0 spiro atoms. The first-order valence-electron chi connectivity index (χ1n) is 3.59. The van der Waals surface area contributed by atoms with Crippen molar-refractivity contribution in [2.75, 3.05) is 12.4 Å². The molecule has 1 aromatic carbocycles. The van der Waals surface area contributed by atoms with Crippen LogP contribution < -0.4 is 5.32 Å². The third-order valence-electron chi connectivity index (χ3n) is 1.89. The molecular formula is C9H12BrN. The second-order valence-electron chi connectivity index (χ2n) is 2.65. The van der Waals surface area contributed by atoms with Crippen molar-refractivity contribution in [1.82, 2.24) is 0 Å². The number of benzene rings is 1. The van der Waals surface area contributed by atoms with Gasteiger partial charge in [-0.2, -0.15) is 0 Å².